The molecule has 0 saturated carbocycles. The van der Waals surface area contributed by atoms with Gasteiger partial charge in [0.15, 0.2) is 5.78 Å². The third-order valence-corrected chi connectivity index (χ3v) is 3.30. The highest BCUT2D eigenvalue weighted by atomic mass is 16.6. The summed E-state index contributed by atoms with van der Waals surface area (Å²) >= 11 is 0. The molecule has 110 valence electrons. The number of Topliss-reactive ketones (excluding diaryl/α,β-unsaturated/α-hetero) is 1. The molecular weight excluding hydrogens is 270 g/mol. The second-order valence-corrected chi connectivity index (χ2v) is 5.29. The minimum atomic E-state index is -0.548. The standard InChI is InChI=1S/C15H17N3O3/c1-10(2)12-4-6-13(7-5-12)14(19)9-17-8-11(3)15(16-17)18(20)21/h4-8,10H,9H2,1-3H3. The van der Waals surface area contributed by atoms with Crippen molar-refractivity contribution in [3.05, 3.63) is 57.3 Å². The molecule has 6 nitrogen and oxygen atoms in total. The van der Waals surface area contributed by atoms with Crippen LogP contribution in [0.4, 0.5) is 5.82 Å². The van der Waals surface area contributed by atoms with Gasteiger partial charge in [-0.3, -0.25) is 4.79 Å². The predicted molar refractivity (Wildman–Crippen MR) is 78.5 cm³/mol. The Labute approximate surface area is 122 Å². The molecule has 1 aromatic heterocycles. The predicted octanol–water partition coefficient (Wildman–Crippen LogP) is 3.11. The maximum Gasteiger partial charge on any atom is 0.392 e. The van der Waals surface area contributed by atoms with E-state index >= 15 is 0 Å². The molecule has 2 rings (SSSR count). The molecule has 0 amide bonds. The zero-order valence-electron chi connectivity index (χ0n) is 12.2. The summed E-state index contributed by atoms with van der Waals surface area (Å²) in [5.41, 5.74) is 2.19. The first kappa shape index (κ1) is 14.9. The highest BCUT2D eigenvalue weighted by Gasteiger charge is 2.19. The quantitative estimate of drug-likeness (QED) is 0.481. The molecule has 0 spiro atoms. The average molecular weight is 287 g/mol. The maximum atomic E-state index is 12.2. The molecule has 0 saturated heterocycles. The Bertz CT molecular complexity index is 672. The van der Waals surface area contributed by atoms with Gasteiger partial charge in [-0.05, 0) is 23.3 Å². The van der Waals surface area contributed by atoms with Crippen molar-refractivity contribution in [1.82, 2.24) is 9.78 Å². The van der Waals surface area contributed by atoms with E-state index in [0.717, 1.165) is 5.56 Å². The molecule has 21 heavy (non-hydrogen) atoms. The van der Waals surface area contributed by atoms with Gasteiger partial charge in [-0.2, -0.15) is 4.68 Å². The van der Waals surface area contributed by atoms with E-state index in [9.17, 15) is 14.9 Å². The number of aryl methyl sites for hydroxylation is 1. The highest BCUT2D eigenvalue weighted by molar-refractivity contribution is 5.95. The molecule has 0 radical (unpaired) electrons. The van der Waals surface area contributed by atoms with Gasteiger partial charge in [0, 0.05) is 5.56 Å². The highest BCUT2D eigenvalue weighted by Crippen LogP contribution is 2.17. The van der Waals surface area contributed by atoms with Crippen LogP contribution in [0.5, 0.6) is 0 Å². The minimum absolute atomic E-state index is 0.00426. The topological polar surface area (TPSA) is 78.0 Å². The summed E-state index contributed by atoms with van der Waals surface area (Å²) in [7, 11) is 0. The van der Waals surface area contributed by atoms with Crippen molar-refractivity contribution in [3.63, 3.8) is 0 Å². The number of rotatable bonds is 5. The van der Waals surface area contributed by atoms with Crippen LogP contribution in [0.3, 0.4) is 0 Å². The van der Waals surface area contributed by atoms with E-state index < -0.39 is 4.92 Å². The average Bonchev–Trinajstić information content (AvgIpc) is 2.79. The van der Waals surface area contributed by atoms with Crippen LogP contribution in [0.2, 0.25) is 0 Å². The normalized spacial score (nSPS) is 10.9. The number of nitro groups is 1. The first-order valence-electron chi connectivity index (χ1n) is 6.70. The van der Waals surface area contributed by atoms with E-state index in [4.69, 9.17) is 0 Å². The summed E-state index contributed by atoms with van der Waals surface area (Å²) in [6.45, 7) is 5.77. The summed E-state index contributed by atoms with van der Waals surface area (Å²) < 4.78 is 1.31. The van der Waals surface area contributed by atoms with Crippen molar-refractivity contribution < 1.29 is 9.72 Å². The van der Waals surface area contributed by atoms with E-state index in [0.29, 0.717) is 17.0 Å². The number of hydrogen-bond acceptors (Lipinski definition) is 4. The lowest BCUT2D eigenvalue weighted by molar-refractivity contribution is -0.390. The molecule has 0 bridgehead atoms. The van der Waals surface area contributed by atoms with Gasteiger partial charge in [-0.25, -0.2) is 0 Å². The molecule has 1 heterocycles. The van der Waals surface area contributed by atoms with E-state index in [-0.39, 0.29) is 18.1 Å². The van der Waals surface area contributed by atoms with Crippen LogP contribution in [-0.4, -0.2) is 20.5 Å². The summed E-state index contributed by atoms with van der Waals surface area (Å²) in [5.74, 6) is 0.0752. The molecule has 0 aliphatic heterocycles. The van der Waals surface area contributed by atoms with Gasteiger partial charge < -0.3 is 10.1 Å². The fraction of sp³-hybridized carbons (Fsp3) is 0.333. The molecule has 6 heteroatoms. The van der Waals surface area contributed by atoms with Crippen molar-refractivity contribution in [2.75, 3.05) is 0 Å². The molecule has 0 unspecified atom stereocenters. The number of hydrogen-bond donors (Lipinski definition) is 0. The Kier molecular flexibility index (Phi) is 4.16. The van der Waals surface area contributed by atoms with Crippen LogP contribution >= 0.6 is 0 Å². The zero-order valence-corrected chi connectivity index (χ0v) is 12.2. The number of benzene rings is 1. The van der Waals surface area contributed by atoms with Crippen molar-refractivity contribution in [2.24, 2.45) is 0 Å². The molecule has 2 aromatic rings. The first-order valence-corrected chi connectivity index (χ1v) is 6.70. The smallest absolute Gasteiger partial charge is 0.358 e. The summed E-state index contributed by atoms with van der Waals surface area (Å²) in [4.78, 5) is 22.3. The van der Waals surface area contributed by atoms with E-state index in [2.05, 4.69) is 18.9 Å². The van der Waals surface area contributed by atoms with Gasteiger partial charge in [-0.15, -0.1) is 0 Å². The van der Waals surface area contributed by atoms with Gasteiger partial charge in [-0.1, -0.05) is 38.1 Å². The van der Waals surface area contributed by atoms with E-state index in [1.165, 1.54) is 10.9 Å². The third kappa shape index (κ3) is 3.34. The zero-order chi connectivity index (χ0) is 15.6. The Hall–Kier alpha value is -2.50. The van der Waals surface area contributed by atoms with Gasteiger partial charge in [0.25, 0.3) is 0 Å². The van der Waals surface area contributed by atoms with Crippen molar-refractivity contribution in [2.45, 2.75) is 33.2 Å². The van der Waals surface area contributed by atoms with Gasteiger partial charge in [0.1, 0.15) is 6.54 Å². The van der Waals surface area contributed by atoms with Crippen LogP contribution in [0, 0.1) is 17.0 Å². The number of ketones is 1. The molecule has 1 aromatic carbocycles. The SMILES string of the molecule is Cc1cn(CC(=O)c2ccc(C(C)C)cc2)nc1[N+](=O)[O-]. The second kappa shape index (κ2) is 5.87. The van der Waals surface area contributed by atoms with Crippen LogP contribution < -0.4 is 0 Å². The lowest BCUT2D eigenvalue weighted by Gasteiger charge is -2.05. The lowest BCUT2D eigenvalue weighted by atomic mass is 10.0. The molecular formula is C15H17N3O3. The number of carbonyl (C=O) groups is 1. The van der Waals surface area contributed by atoms with Crippen LogP contribution in [0.1, 0.15) is 41.3 Å². The third-order valence-electron chi connectivity index (χ3n) is 3.30. The van der Waals surface area contributed by atoms with Crippen molar-refractivity contribution >= 4 is 11.6 Å². The largest absolute Gasteiger partial charge is 0.392 e. The monoisotopic (exact) mass is 287 g/mol. The Balaban J connectivity index is 2.14. The fourth-order valence-electron chi connectivity index (χ4n) is 2.06. The van der Waals surface area contributed by atoms with Crippen LogP contribution in [-0.2, 0) is 6.54 Å². The minimum Gasteiger partial charge on any atom is -0.358 e. The summed E-state index contributed by atoms with van der Waals surface area (Å²) in [6, 6.07) is 7.41. The van der Waals surface area contributed by atoms with E-state index in [1.807, 2.05) is 12.1 Å². The maximum absolute atomic E-state index is 12.2. The van der Waals surface area contributed by atoms with Gasteiger partial charge in [0.05, 0.1) is 16.9 Å². The Morgan fingerprint density at radius 3 is 2.43 bits per heavy atom. The van der Waals surface area contributed by atoms with Gasteiger partial charge in [0.2, 0.25) is 0 Å². The molecule has 0 fully saturated rings. The fourth-order valence-corrected chi connectivity index (χ4v) is 2.06. The number of carbonyl (C=O) groups excluding carboxylic acids is 1. The summed E-state index contributed by atoms with van der Waals surface area (Å²) in [6.07, 6.45) is 1.51. The van der Waals surface area contributed by atoms with Crippen LogP contribution in [0.25, 0.3) is 0 Å². The Morgan fingerprint density at radius 2 is 1.95 bits per heavy atom. The number of aromatic nitrogens is 2. The molecule has 0 atom stereocenters. The van der Waals surface area contributed by atoms with Gasteiger partial charge >= 0.3 is 5.82 Å². The molecule has 0 aliphatic rings. The van der Waals surface area contributed by atoms with Crippen LogP contribution in [0.15, 0.2) is 30.5 Å². The summed E-state index contributed by atoms with van der Waals surface area (Å²) in [5, 5.41) is 14.6. The first-order chi connectivity index (χ1) is 9.88. The van der Waals surface area contributed by atoms with Crippen molar-refractivity contribution in [3.8, 4) is 0 Å². The lowest BCUT2D eigenvalue weighted by Crippen LogP contribution is -2.11. The second-order valence-electron chi connectivity index (χ2n) is 5.29. The molecule has 0 N–H and O–H groups in total. The Morgan fingerprint density at radius 1 is 1.33 bits per heavy atom. The number of nitrogens with zero attached hydrogens (tertiary/aromatic N) is 3. The van der Waals surface area contributed by atoms with Crippen molar-refractivity contribution in [1.29, 1.82) is 0 Å². The van der Waals surface area contributed by atoms with E-state index in [1.54, 1.807) is 19.1 Å². The molecule has 0 aliphatic carbocycles.